The van der Waals surface area contributed by atoms with E-state index in [1.165, 1.54) is 6.07 Å². The Morgan fingerprint density at radius 1 is 0.840 bits per heavy atom. The van der Waals surface area contributed by atoms with Gasteiger partial charge in [0, 0.05) is 33.0 Å². The maximum Gasteiger partial charge on any atom is 0.336 e. The highest BCUT2D eigenvalue weighted by Gasteiger charge is 2.19. The van der Waals surface area contributed by atoms with E-state index < -0.39 is 5.63 Å². The molecule has 2 heterocycles. The second-order valence-corrected chi connectivity index (χ2v) is 7.10. The van der Waals surface area contributed by atoms with E-state index in [1.54, 1.807) is 6.07 Å². The number of halogens is 2. The summed E-state index contributed by atoms with van der Waals surface area (Å²) in [5, 5.41) is 2.65. The van der Waals surface area contributed by atoms with Gasteiger partial charge < -0.3 is 8.83 Å². The summed E-state index contributed by atoms with van der Waals surface area (Å²) in [5.41, 5.74) is 4.27. The second-order valence-electron chi connectivity index (χ2n) is 6.26. The average Bonchev–Trinajstić information content (AvgIpc) is 2.85. The Kier molecular flexibility index (Phi) is 3.67. The summed E-state index contributed by atoms with van der Waals surface area (Å²) in [5.74, 6) is 0.599. The van der Waals surface area contributed by atoms with Crippen molar-refractivity contribution in [2.24, 2.45) is 0 Å². The van der Waals surface area contributed by atoms with Crippen molar-refractivity contribution >= 4 is 45.1 Å². The number of hydrogen-bond acceptors (Lipinski definition) is 3. The molecule has 0 N–H and O–H groups in total. The molecular weight excluding hydrogens is 359 g/mol. The number of benzene rings is 2. The lowest BCUT2D eigenvalue weighted by molar-refractivity contribution is 0.557. The van der Waals surface area contributed by atoms with Crippen molar-refractivity contribution in [3.8, 4) is 11.3 Å². The summed E-state index contributed by atoms with van der Waals surface area (Å²) >= 11 is 12.4. The smallest absolute Gasteiger partial charge is 0.336 e. The summed E-state index contributed by atoms with van der Waals surface area (Å²) in [6, 6.07) is 8.89. The third kappa shape index (κ3) is 2.55. The lowest BCUT2D eigenvalue weighted by Gasteiger charge is -2.07. The first-order valence-corrected chi connectivity index (χ1v) is 8.54. The lowest BCUT2D eigenvalue weighted by Crippen LogP contribution is -1.99. The zero-order chi connectivity index (χ0) is 17.9. The minimum Gasteiger partial charge on any atom is -0.454 e. The minimum atomic E-state index is -0.418. The Hall–Kier alpha value is -2.23. The molecule has 0 bridgehead atoms. The molecule has 0 radical (unpaired) electrons. The van der Waals surface area contributed by atoms with Crippen LogP contribution >= 0.6 is 23.2 Å². The highest BCUT2D eigenvalue weighted by molar-refractivity contribution is 6.38. The van der Waals surface area contributed by atoms with Gasteiger partial charge in [-0.05, 0) is 50.1 Å². The lowest BCUT2D eigenvalue weighted by atomic mass is 10.00. The zero-order valence-electron chi connectivity index (χ0n) is 13.9. The maximum absolute atomic E-state index is 12.1. The van der Waals surface area contributed by atoms with Gasteiger partial charge in [-0.3, -0.25) is 0 Å². The van der Waals surface area contributed by atoms with Crippen LogP contribution in [0.1, 0.15) is 16.7 Å². The monoisotopic (exact) mass is 372 g/mol. The zero-order valence-corrected chi connectivity index (χ0v) is 15.4. The third-order valence-electron chi connectivity index (χ3n) is 4.38. The Bertz CT molecular complexity index is 1220. The normalized spacial score (nSPS) is 11.6. The van der Waals surface area contributed by atoms with Gasteiger partial charge in [-0.2, -0.15) is 0 Å². The standard InChI is InChI=1S/C20H14Cl2O3/c1-9-4-10(2)18-14(5-9)15(8-17(23)24-18)19-11(3)13-6-12(21)7-16(22)20(13)25-19/h4-8H,1-3H3. The van der Waals surface area contributed by atoms with Crippen LogP contribution in [0, 0.1) is 20.8 Å². The first-order chi connectivity index (χ1) is 11.8. The topological polar surface area (TPSA) is 43.4 Å². The van der Waals surface area contributed by atoms with E-state index >= 15 is 0 Å². The van der Waals surface area contributed by atoms with Crippen LogP contribution < -0.4 is 5.63 Å². The highest BCUT2D eigenvalue weighted by Crippen LogP contribution is 2.40. The van der Waals surface area contributed by atoms with Crippen LogP contribution in [0.25, 0.3) is 33.3 Å². The predicted molar refractivity (Wildman–Crippen MR) is 102 cm³/mol. The van der Waals surface area contributed by atoms with E-state index in [-0.39, 0.29) is 0 Å². The molecule has 5 heteroatoms. The van der Waals surface area contributed by atoms with Crippen molar-refractivity contribution in [1.29, 1.82) is 0 Å². The number of hydrogen-bond donors (Lipinski definition) is 0. The first-order valence-electron chi connectivity index (χ1n) is 7.79. The van der Waals surface area contributed by atoms with Gasteiger partial charge in [0.15, 0.2) is 5.58 Å². The quantitative estimate of drug-likeness (QED) is 0.361. The average molecular weight is 373 g/mol. The molecule has 0 saturated carbocycles. The van der Waals surface area contributed by atoms with Gasteiger partial charge in [0.1, 0.15) is 11.3 Å². The van der Waals surface area contributed by atoms with Crippen molar-refractivity contribution in [3.63, 3.8) is 0 Å². The second kappa shape index (κ2) is 5.65. The van der Waals surface area contributed by atoms with Crippen LogP contribution in [0.5, 0.6) is 0 Å². The number of fused-ring (bicyclic) bond motifs is 2. The molecule has 0 aliphatic heterocycles. The fourth-order valence-electron chi connectivity index (χ4n) is 3.30. The summed E-state index contributed by atoms with van der Waals surface area (Å²) in [6.45, 7) is 5.85. The van der Waals surface area contributed by atoms with Gasteiger partial charge in [-0.25, -0.2) is 4.79 Å². The molecule has 2 aromatic carbocycles. The van der Waals surface area contributed by atoms with Gasteiger partial charge in [0.2, 0.25) is 0 Å². The Labute approximate surface area is 153 Å². The molecule has 4 aromatic rings. The molecule has 0 atom stereocenters. The third-order valence-corrected chi connectivity index (χ3v) is 4.87. The highest BCUT2D eigenvalue weighted by atomic mass is 35.5. The summed E-state index contributed by atoms with van der Waals surface area (Å²) in [6.07, 6.45) is 0. The Balaban J connectivity index is 2.15. The SMILES string of the molecule is Cc1cc(C)c2oc(=O)cc(-c3oc4c(Cl)cc(Cl)cc4c3C)c2c1. The van der Waals surface area contributed by atoms with Crippen molar-refractivity contribution in [2.45, 2.75) is 20.8 Å². The van der Waals surface area contributed by atoms with Crippen molar-refractivity contribution in [3.05, 3.63) is 67.5 Å². The van der Waals surface area contributed by atoms with Gasteiger partial charge in [-0.1, -0.05) is 29.3 Å². The molecule has 25 heavy (non-hydrogen) atoms. The number of aryl methyl sites for hydroxylation is 3. The van der Waals surface area contributed by atoms with Crippen LogP contribution in [0.2, 0.25) is 10.0 Å². The van der Waals surface area contributed by atoms with E-state index in [4.69, 9.17) is 32.0 Å². The molecule has 0 unspecified atom stereocenters. The summed E-state index contributed by atoms with van der Waals surface area (Å²) in [4.78, 5) is 12.1. The van der Waals surface area contributed by atoms with E-state index in [0.29, 0.717) is 32.5 Å². The summed E-state index contributed by atoms with van der Waals surface area (Å²) < 4.78 is 11.5. The Morgan fingerprint density at radius 2 is 1.60 bits per heavy atom. The number of furan rings is 1. The molecule has 0 spiro atoms. The van der Waals surface area contributed by atoms with Crippen molar-refractivity contribution < 1.29 is 8.83 Å². The largest absolute Gasteiger partial charge is 0.454 e. The van der Waals surface area contributed by atoms with Gasteiger partial charge in [0.05, 0.1) is 5.02 Å². The molecular formula is C20H14Cl2O3. The molecule has 0 fully saturated rings. The van der Waals surface area contributed by atoms with Crippen LogP contribution in [-0.4, -0.2) is 0 Å². The number of rotatable bonds is 1. The van der Waals surface area contributed by atoms with Crippen LogP contribution in [0.4, 0.5) is 0 Å². The van der Waals surface area contributed by atoms with Gasteiger partial charge in [0.25, 0.3) is 0 Å². The van der Waals surface area contributed by atoms with Crippen LogP contribution in [-0.2, 0) is 0 Å². The summed E-state index contributed by atoms with van der Waals surface area (Å²) in [7, 11) is 0. The van der Waals surface area contributed by atoms with E-state index in [0.717, 1.165) is 27.5 Å². The van der Waals surface area contributed by atoms with Crippen LogP contribution in [0.15, 0.2) is 44.0 Å². The molecule has 0 amide bonds. The fourth-order valence-corrected chi connectivity index (χ4v) is 3.84. The molecule has 4 rings (SSSR count). The minimum absolute atomic E-state index is 0.418. The molecule has 2 aromatic heterocycles. The molecule has 0 aliphatic carbocycles. The van der Waals surface area contributed by atoms with Crippen molar-refractivity contribution in [2.75, 3.05) is 0 Å². The Morgan fingerprint density at radius 3 is 2.36 bits per heavy atom. The van der Waals surface area contributed by atoms with E-state index in [9.17, 15) is 4.79 Å². The molecule has 3 nitrogen and oxygen atoms in total. The van der Waals surface area contributed by atoms with Gasteiger partial charge >= 0.3 is 5.63 Å². The molecule has 126 valence electrons. The fraction of sp³-hybridized carbons (Fsp3) is 0.150. The van der Waals surface area contributed by atoms with Gasteiger partial charge in [-0.15, -0.1) is 0 Å². The first kappa shape index (κ1) is 16.2. The van der Waals surface area contributed by atoms with Crippen LogP contribution in [0.3, 0.4) is 0 Å². The van der Waals surface area contributed by atoms with E-state index in [1.807, 2.05) is 39.0 Å². The van der Waals surface area contributed by atoms with E-state index in [2.05, 4.69) is 0 Å². The predicted octanol–water partition coefficient (Wildman–Crippen LogP) is 6.44. The molecule has 0 saturated heterocycles. The van der Waals surface area contributed by atoms with Crippen molar-refractivity contribution in [1.82, 2.24) is 0 Å². The molecule has 0 aliphatic rings. The maximum atomic E-state index is 12.1.